The van der Waals surface area contributed by atoms with E-state index in [9.17, 15) is 22.8 Å². The van der Waals surface area contributed by atoms with Crippen molar-refractivity contribution in [2.24, 2.45) is 0 Å². The van der Waals surface area contributed by atoms with Crippen LogP contribution in [-0.2, 0) is 9.53 Å². The molecule has 1 fully saturated rings. The number of amides is 3. The van der Waals surface area contributed by atoms with E-state index in [0.717, 1.165) is 0 Å². The zero-order valence-corrected chi connectivity index (χ0v) is 11.5. The zero-order valence-electron chi connectivity index (χ0n) is 10.7. The van der Waals surface area contributed by atoms with Gasteiger partial charge < -0.3 is 4.74 Å². The van der Waals surface area contributed by atoms with Crippen LogP contribution in [0.25, 0.3) is 0 Å². The molecule has 0 bridgehead atoms. The third-order valence-electron chi connectivity index (χ3n) is 2.82. The van der Waals surface area contributed by atoms with E-state index in [1.807, 2.05) is 0 Å². The summed E-state index contributed by atoms with van der Waals surface area (Å²) in [6.07, 6.45) is -5.09. The Hall–Kier alpha value is -1.80. The van der Waals surface area contributed by atoms with Gasteiger partial charge in [0, 0.05) is 11.6 Å². The van der Waals surface area contributed by atoms with Crippen molar-refractivity contribution in [3.63, 3.8) is 0 Å². The van der Waals surface area contributed by atoms with Gasteiger partial charge in [0.25, 0.3) is 5.91 Å². The van der Waals surface area contributed by atoms with Crippen molar-refractivity contribution in [3.05, 3.63) is 29.3 Å². The summed E-state index contributed by atoms with van der Waals surface area (Å²) < 4.78 is 44.1. The summed E-state index contributed by atoms with van der Waals surface area (Å²) in [7, 11) is 0. The van der Waals surface area contributed by atoms with Crippen molar-refractivity contribution in [1.29, 1.82) is 0 Å². The van der Waals surface area contributed by atoms with Crippen LogP contribution >= 0.6 is 11.6 Å². The van der Waals surface area contributed by atoms with E-state index in [1.165, 1.54) is 31.2 Å². The third-order valence-corrected chi connectivity index (χ3v) is 3.05. The summed E-state index contributed by atoms with van der Waals surface area (Å²) in [5.41, 5.74) is -3.45. The Balaban J connectivity index is 2.48. The van der Waals surface area contributed by atoms with Gasteiger partial charge in [-0.3, -0.25) is 10.1 Å². The van der Waals surface area contributed by atoms with Gasteiger partial charge in [0.05, 0.1) is 5.69 Å². The quantitative estimate of drug-likeness (QED) is 0.870. The fourth-order valence-electron chi connectivity index (χ4n) is 1.95. The smallest absolute Gasteiger partial charge is 0.340 e. The van der Waals surface area contributed by atoms with Crippen LogP contribution in [0.1, 0.15) is 6.92 Å². The highest BCUT2D eigenvalue weighted by molar-refractivity contribution is 6.31. The van der Waals surface area contributed by atoms with Crippen LogP contribution in [0.15, 0.2) is 24.3 Å². The highest BCUT2D eigenvalue weighted by Crippen LogP contribution is 2.38. The van der Waals surface area contributed by atoms with E-state index < -0.39 is 30.4 Å². The van der Waals surface area contributed by atoms with Crippen LogP contribution in [0, 0.1) is 0 Å². The lowest BCUT2D eigenvalue weighted by molar-refractivity contribution is -0.267. The van der Waals surface area contributed by atoms with Gasteiger partial charge >= 0.3 is 17.9 Å². The molecule has 0 aromatic heterocycles. The summed E-state index contributed by atoms with van der Waals surface area (Å²) in [5.74, 6) is -1.55. The van der Waals surface area contributed by atoms with E-state index in [-0.39, 0.29) is 10.7 Å². The molecular weight excluding hydrogens is 313 g/mol. The molecule has 1 aromatic carbocycles. The van der Waals surface area contributed by atoms with E-state index >= 15 is 0 Å². The number of hydrogen-bond acceptors (Lipinski definition) is 3. The first-order valence-electron chi connectivity index (χ1n) is 5.86. The molecule has 1 unspecified atom stereocenters. The summed E-state index contributed by atoms with van der Waals surface area (Å²) >= 11 is 5.72. The van der Waals surface area contributed by atoms with Gasteiger partial charge in [0.1, 0.15) is 0 Å². The molecule has 1 aliphatic heterocycles. The van der Waals surface area contributed by atoms with Crippen molar-refractivity contribution < 1.29 is 27.5 Å². The van der Waals surface area contributed by atoms with Crippen LogP contribution in [0.3, 0.4) is 0 Å². The second-order valence-corrected chi connectivity index (χ2v) is 4.60. The molecule has 3 amide bonds. The van der Waals surface area contributed by atoms with Gasteiger partial charge in [-0.15, -0.1) is 0 Å². The van der Waals surface area contributed by atoms with Crippen LogP contribution in [-0.4, -0.2) is 30.4 Å². The Morgan fingerprint density at radius 3 is 2.57 bits per heavy atom. The average molecular weight is 323 g/mol. The number of alkyl halides is 3. The second kappa shape index (κ2) is 5.19. The number of carbonyl (C=O) groups is 2. The average Bonchev–Trinajstić information content (AvgIpc) is 2.62. The number of carbonyl (C=O) groups excluding carboxylic acids is 2. The number of rotatable bonds is 3. The van der Waals surface area contributed by atoms with Crippen LogP contribution < -0.4 is 10.2 Å². The van der Waals surface area contributed by atoms with Crippen LogP contribution in [0.5, 0.6) is 0 Å². The predicted molar refractivity (Wildman–Crippen MR) is 67.9 cm³/mol. The molecule has 114 valence electrons. The maximum absolute atomic E-state index is 13.2. The number of benzene rings is 1. The monoisotopic (exact) mass is 322 g/mol. The van der Waals surface area contributed by atoms with Crippen molar-refractivity contribution in [3.8, 4) is 0 Å². The molecule has 0 aliphatic carbocycles. The molecule has 1 aromatic rings. The second-order valence-electron chi connectivity index (χ2n) is 4.16. The lowest BCUT2D eigenvalue weighted by Gasteiger charge is -2.28. The first-order valence-corrected chi connectivity index (χ1v) is 6.23. The van der Waals surface area contributed by atoms with Crippen molar-refractivity contribution in [2.75, 3.05) is 11.5 Å². The number of hydrogen-bond donors (Lipinski definition) is 1. The molecule has 9 heteroatoms. The number of nitrogens with zero attached hydrogens (tertiary/aromatic N) is 1. The minimum Gasteiger partial charge on any atom is -0.340 e. The van der Waals surface area contributed by atoms with Crippen LogP contribution in [0.4, 0.5) is 23.7 Å². The Morgan fingerprint density at radius 1 is 1.38 bits per heavy atom. The lowest BCUT2D eigenvalue weighted by Crippen LogP contribution is -2.60. The first kappa shape index (κ1) is 15.6. The maximum atomic E-state index is 13.2. The molecular formula is C12H10ClF3N2O3. The summed E-state index contributed by atoms with van der Waals surface area (Å²) in [4.78, 5) is 24.3. The SMILES string of the molecule is CCOC1(C(F)(F)F)NC(=O)N(c2cccc(Cl)c2)C1=O. The lowest BCUT2D eigenvalue weighted by atomic mass is 10.2. The molecule has 1 aliphatic rings. The largest absolute Gasteiger partial charge is 0.446 e. The minimum absolute atomic E-state index is 0.0733. The minimum atomic E-state index is -5.09. The van der Waals surface area contributed by atoms with Crippen molar-refractivity contribution >= 4 is 29.2 Å². The zero-order chi connectivity index (χ0) is 15.8. The van der Waals surface area contributed by atoms with E-state index in [0.29, 0.717) is 4.90 Å². The number of urea groups is 1. The van der Waals surface area contributed by atoms with Crippen molar-refractivity contribution in [1.82, 2.24) is 5.32 Å². The van der Waals surface area contributed by atoms with E-state index in [2.05, 4.69) is 4.74 Å². The van der Waals surface area contributed by atoms with Gasteiger partial charge in [-0.05, 0) is 25.1 Å². The number of ether oxygens (including phenoxy) is 1. The molecule has 1 N–H and O–H groups in total. The molecule has 1 atom stereocenters. The topological polar surface area (TPSA) is 58.6 Å². The van der Waals surface area contributed by atoms with Gasteiger partial charge in [-0.25, -0.2) is 9.69 Å². The van der Waals surface area contributed by atoms with Crippen molar-refractivity contribution in [2.45, 2.75) is 18.8 Å². The number of imide groups is 1. The third kappa shape index (κ3) is 2.44. The van der Waals surface area contributed by atoms with E-state index in [4.69, 9.17) is 11.6 Å². The molecule has 1 heterocycles. The Morgan fingerprint density at radius 2 is 2.05 bits per heavy atom. The fourth-order valence-corrected chi connectivity index (χ4v) is 2.13. The Labute approximate surface area is 122 Å². The first-order chi connectivity index (χ1) is 9.73. The van der Waals surface area contributed by atoms with Crippen LogP contribution in [0.2, 0.25) is 5.02 Å². The van der Waals surface area contributed by atoms with Gasteiger partial charge in [0.2, 0.25) is 0 Å². The normalized spacial score (nSPS) is 22.6. The number of nitrogens with one attached hydrogen (secondary N) is 1. The van der Waals surface area contributed by atoms with Gasteiger partial charge in [0.15, 0.2) is 0 Å². The Kier molecular flexibility index (Phi) is 3.85. The molecule has 1 saturated heterocycles. The summed E-state index contributed by atoms with van der Waals surface area (Å²) in [6.45, 7) is 0.879. The van der Waals surface area contributed by atoms with E-state index in [1.54, 1.807) is 5.32 Å². The number of anilines is 1. The highest BCUT2D eigenvalue weighted by atomic mass is 35.5. The molecule has 2 rings (SSSR count). The maximum Gasteiger partial charge on any atom is 0.446 e. The fraction of sp³-hybridized carbons (Fsp3) is 0.333. The van der Waals surface area contributed by atoms with Gasteiger partial charge in [-0.1, -0.05) is 17.7 Å². The summed E-state index contributed by atoms with van der Waals surface area (Å²) in [6, 6.07) is 4.14. The number of halogens is 4. The molecule has 0 spiro atoms. The molecule has 5 nitrogen and oxygen atoms in total. The molecule has 0 saturated carbocycles. The Bertz CT molecular complexity index is 593. The standard InChI is InChI=1S/C12H10ClF3N2O3/c1-2-21-11(12(14,15)16)9(19)18(10(20)17-11)8-5-3-4-7(13)6-8/h3-6H,2H2,1H3,(H,17,20). The highest BCUT2D eigenvalue weighted by Gasteiger charge is 2.69. The van der Waals surface area contributed by atoms with Gasteiger partial charge in [-0.2, -0.15) is 13.2 Å². The molecule has 0 radical (unpaired) electrons. The predicted octanol–water partition coefficient (Wildman–Crippen LogP) is 2.69. The molecule has 21 heavy (non-hydrogen) atoms. The summed E-state index contributed by atoms with van der Waals surface area (Å²) in [5, 5.41) is 1.75.